The number of rotatable bonds is 14. The van der Waals surface area contributed by atoms with E-state index in [2.05, 4.69) is 51.8 Å². The van der Waals surface area contributed by atoms with E-state index in [1.165, 1.54) is 0 Å². The minimum Gasteiger partial charge on any atom is -0.410 e. The summed E-state index contributed by atoms with van der Waals surface area (Å²) in [6.45, 7) is 17.4. The van der Waals surface area contributed by atoms with E-state index in [1.54, 1.807) is 11.3 Å². The normalized spacial score (nSPS) is 23.4. The molecule has 0 saturated carbocycles. The Bertz CT molecular complexity index is 969. The van der Waals surface area contributed by atoms with Crippen LogP contribution in [0.4, 0.5) is 0 Å². The van der Waals surface area contributed by atoms with Gasteiger partial charge in [-0.25, -0.2) is 4.98 Å². The number of ether oxygens (including phenoxy) is 1. The topological polar surface area (TPSA) is 98.3 Å². The number of thiazole rings is 1. The van der Waals surface area contributed by atoms with Gasteiger partial charge in [0.05, 0.1) is 35.8 Å². The average Bonchev–Trinajstić information content (AvgIpc) is 3.23. The molecule has 0 unspecified atom stereocenters. The zero-order valence-corrected chi connectivity index (χ0v) is 25.5. The van der Waals surface area contributed by atoms with Crippen molar-refractivity contribution in [3.63, 3.8) is 0 Å². The van der Waals surface area contributed by atoms with Crippen molar-refractivity contribution in [2.24, 2.45) is 5.92 Å². The second kappa shape index (κ2) is 11.8. The summed E-state index contributed by atoms with van der Waals surface area (Å²) in [5, 5.41) is 12.5. The molecule has 0 aliphatic carbocycles. The highest BCUT2D eigenvalue weighted by molar-refractivity contribution is 7.85. The Morgan fingerprint density at radius 2 is 2.06 bits per heavy atom. The van der Waals surface area contributed by atoms with Gasteiger partial charge >= 0.3 is 0 Å². The van der Waals surface area contributed by atoms with Crippen LogP contribution in [0.15, 0.2) is 11.0 Å². The molecule has 1 N–H and O–H groups in total. The number of hydrogen-bond donors (Lipinski definition) is 1. The van der Waals surface area contributed by atoms with Gasteiger partial charge in [-0.2, -0.15) is 8.42 Å². The smallest absolute Gasteiger partial charge is 0.264 e. The first-order valence-electron chi connectivity index (χ1n) is 12.4. The molecule has 202 valence electrons. The lowest BCUT2D eigenvalue weighted by Gasteiger charge is -2.39. The standard InChI is InChI=1S/C25H45NO6S2Si/c1-18(15-27)11-10-12-25(17-30-34(7,28)29)23(31-25)14-22(32-35(8,9)24(4,5)6)19(2)13-21-16-33-20(3)26-21/h13,16,18,22-23,27H,10-12,14-15,17H2,1-9H3/t18-,22-,23-,25-/m0/s1. The highest BCUT2D eigenvalue weighted by Crippen LogP contribution is 2.47. The van der Waals surface area contributed by atoms with Gasteiger partial charge in [-0.15, -0.1) is 11.3 Å². The van der Waals surface area contributed by atoms with E-state index in [1.807, 2.05) is 19.2 Å². The molecule has 1 saturated heterocycles. The molecule has 1 aliphatic heterocycles. The molecular formula is C25H45NO6S2Si. The minimum absolute atomic E-state index is 0.00482. The summed E-state index contributed by atoms with van der Waals surface area (Å²) in [6.07, 6.45) is 5.80. The van der Waals surface area contributed by atoms with E-state index < -0.39 is 24.0 Å². The molecule has 0 aromatic carbocycles. The molecule has 0 bridgehead atoms. The van der Waals surface area contributed by atoms with Crippen molar-refractivity contribution in [2.45, 2.75) is 103 Å². The summed E-state index contributed by atoms with van der Waals surface area (Å²) in [7, 11) is -5.67. The summed E-state index contributed by atoms with van der Waals surface area (Å²) in [5.41, 5.74) is 1.36. The Morgan fingerprint density at radius 3 is 2.57 bits per heavy atom. The first-order chi connectivity index (χ1) is 16.0. The number of aliphatic hydroxyl groups excluding tert-OH is 1. The third kappa shape index (κ3) is 9.32. The number of aryl methyl sites for hydroxylation is 1. The van der Waals surface area contributed by atoms with Gasteiger partial charge in [-0.05, 0) is 62.4 Å². The van der Waals surface area contributed by atoms with Gasteiger partial charge in [-0.3, -0.25) is 4.18 Å². The molecule has 2 rings (SSSR count). The lowest BCUT2D eigenvalue weighted by molar-refractivity contribution is 0.172. The predicted molar refractivity (Wildman–Crippen MR) is 146 cm³/mol. The number of epoxide rings is 1. The van der Waals surface area contributed by atoms with Gasteiger partial charge in [-0.1, -0.05) is 34.1 Å². The molecule has 0 radical (unpaired) electrons. The largest absolute Gasteiger partial charge is 0.410 e. The van der Waals surface area contributed by atoms with Crippen LogP contribution in [0.1, 0.15) is 71.0 Å². The molecular weight excluding hydrogens is 502 g/mol. The fourth-order valence-electron chi connectivity index (χ4n) is 3.81. The maximum atomic E-state index is 11.7. The number of aromatic nitrogens is 1. The molecule has 4 atom stereocenters. The lowest BCUT2D eigenvalue weighted by atomic mass is 9.92. The molecule has 10 heteroatoms. The summed E-state index contributed by atoms with van der Waals surface area (Å²) < 4.78 is 41.7. The third-order valence-electron chi connectivity index (χ3n) is 7.22. The molecule has 1 aliphatic rings. The maximum Gasteiger partial charge on any atom is 0.264 e. The second-order valence-corrected chi connectivity index (χ2v) is 19.1. The first kappa shape index (κ1) is 30.6. The fraction of sp³-hybridized carbons (Fsp3) is 0.800. The van der Waals surface area contributed by atoms with Crippen molar-refractivity contribution in [2.75, 3.05) is 19.5 Å². The maximum absolute atomic E-state index is 11.7. The lowest BCUT2D eigenvalue weighted by Crippen LogP contribution is -2.44. The summed E-state index contributed by atoms with van der Waals surface area (Å²) in [6, 6.07) is 0. The van der Waals surface area contributed by atoms with Crippen LogP contribution in [-0.2, 0) is 23.5 Å². The molecule has 1 fully saturated rings. The Balaban J connectivity index is 2.25. The van der Waals surface area contributed by atoms with Crippen LogP contribution in [0.3, 0.4) is 0 Å². The SMILES string of the molecule is CC(=Cc1csc(C)n1)[C@H](C[C@@H]1O[C@@]1(CCC[C@H](C)CO)COS(C)(=O)=O)O[Si](C)(C)C(C)(C)C. The van der Waals surface area contributed by atoms with Crippen molar-refractivity contribution in [1.29, 1.82) is 0 Å². The highest BCUT2D eigenvalue weighted by atomic mass is 32.2. The molecule has 0 amide bonds. The van der Waals surface area contributed by atoms with Gasteiger partial charge in [0.15, 0.2) is 8.32 Å². The van der Waals surface area contributed by atoms with Gasteiger partial charge in [0.1, 0.15) is 5.60 Å². The van der Waals surface area contributed by atoms with Crippen LogP contribution < -0.4 is 0 Å². The Morgan fingerprint density at radius 1 is 1.40 bits per heavy atom. The average molecular weight is 548 g/mol. The van der Waals surface area contributed by atoms with Gasteiger partial charge in [0, 0.05) is 18.4 Å². The Labute approximate surface area is 217 Å². The van der Waals surface area contributed by atoms with Gasteiger partial charge in [0.25, 0.3) is 10.1 Å². The van der Waals surface area contributed by atoms with E-state index in [4.69, 9.17) is 13.3 Å². The van der Waals surface area contributed by atoms with Crippen LogP contribution in [0.25, 0.3) is 6.08 Å². The van der Waals surface area contributed by atoms with E-state index in [-0.39, 0.29) is 36.4 Å². The van der Waals surface area contributed by atoms with E-state index in [0.29, 0.717) is 12.8 Å². The zero-order chi connectivity index (χ0) is 26.7. The van der Waals surface area contributed by atoms with E-state index in [9.17, 15) is 13.5 Å². The quantitative estimate of drug-likeness (QED) is 0.185. The van der Waals surface area contributed by atoms with Crippen LogP contribution >= 0.6 is 11.3 Å². The molecule has 7 nitrogen and oxygen atoms in total. The molecule has 0 spiro atoms. The van der Waals surface area contributed by atoms with Crippen LogP contribution in [0, 0.1) is 12.8 Å². The van der Waals surface area contributed by atoms with Crippen molar-refractivity contribution in [1.82, 2.24) is 4.98 Å². The van der Waals surface area contributed by atoms with Crippen molar-refractivity contribution < 1.29 is 26.9 Å². The predicted octanol–water partition coefficient (Wildman–Crippen LogP) is 5.55. The Hall–Kier alpha value is -0.623. The summed E-state index contributed by atoms with van der Waals surface area (Å²) in [5.74, 6) is 0.196. The molecule has 35 heavy (non-hydrogen) atoms. The third-order valence-corrected chi connectivity index (χ3v) is 13.0. The fourth-order valence-corrected chi connectivity index (χ4v) is 6.14. The van der Waals surface area contributed by atoms with Crippen LogP contribution in [-0.4, -0.2) is 64.1 Å². The van der Waals surface area contributed by atoms with Gasteiger partial charge in [0.2, 0.25) is 0 Å². The van der Waals surface area contributed by atoms with E-state index in [0.717, 1.165) is 35.4 Å². The number of nitrogens with zero attached hydrogens (tertiary/aromatic N) is 1. The van der Waals surface area contributed by atoms with Crippen LogP contribution in [0.2, 0.25) is 18.1 Å². The van der Waals surface area contributed by atoms with Crippen molar-refractivity contribution in [3.05, 3.63) is 21.7 Å². The molecule has 1 aromatic rings. The second-order valence-electron chi connectivity index (χ2n) is 11.6. The minimum atomic E-state index is -3.58. The molecule has 2 heterocycles. The summed E-state index contributed by atoms with van der Waals surface area (Å²) in [4.78, 5) is 4.58. The van der Waals surface area contributed by atoms with Crippen molar-refractivity contribution in [3.8, 4) is 0 Å². The van der Waals surface area contributed by atoms with Crippen molar-refractivity contribution >= 4 is 35.8 Å². The first-order valence-corrected chi connectivity index (χ1v) is 18.0. The zero-order valence-electron chi connectivity index (χ0n) is 22.9. The highest BCUT2D eigenvalue weighted by Gasteiger charge is 2.57. The van der Waals surface area contributed by atoms with Crippen LogP contribution in [0.5, 0.6) is 0 Å². The Kier molecular flexibility index (Phi) is 10.3. The van der Waals surface area contributed by atoms with Gasteiger partial charge < -0.3 is 14.3 Å². The summed E-state index contributed by atoms with van der Waals surface area (Å²) >= 11 is 1.62. The monoisotopic (exact) mass is 547 g/mol. The number of aliphatic hydroxyl groups is 1. The molecule has 1 aromatic heterocycles. The number of hydrogen-bond acceptors (Lipinski definition) is 8. The van der Waals surface area contributed by atoms with E-state index >= 15 is 0 Å².